The van der Waals surface area contributed by atoms with Gasteiger partial charge in [-0.1, -0.05) is 24.6 Å². The second-order valence-electron chi connectivity index (χ2n) is 7.93. The zero-order chi connectivity index (χ0) is 20.0. The summed E-state index contributed by atoms with van der Waals surface area (Å²) in [6.45, 7) is 4.65. The first-order chi connectivity index (χ1) is 13.3. The van der Waals surface area contributed by atoms with Crippen LogP contribution in [0, 0.1) is 11.7 Å². The molecule has 0 spiro atoms. The van der Waals surface area contributed by atoms with Gasteiger partial charge in [0.25, 0.3) is 5.56 Å². The van der Waals surface area contributed by atoms with Crippen molar-refractivity contribution in [1.82, 2.24) is 9.97 Å². The van der Waals surface area contributed by atoms with E-state index in [1.54, 1.807) is 23.5 Å². The number of hydrogen-bond acceptors (Lipinski definition) is 3. The Kier molecular flexibility index (Phi) is 5.29. The number of aryl methyl sites for hydroxylation is 1. The van der Waals surface area contributed by atoms with Gasteiger partial charge in [0.05, 0.1) is 23.0 Å². The molecule has 7 heteroatoms. The first kappa shape index (κ1) is 19.6. The molecule has 1 unspecified atom stereocenters. The number of fused-ring (bicyclic) bond motifs is 3. The minimum atomic E-state index is -0.309. The molecular formula is C21H24ClFN3OS+. The molecule has 0 fully saturated rings. The number of H-pyrrole nitrogens is 1. The fourth-order valence-corrected chi connectivity index (χ4v) is 5.56. The van der Waals surface area contributed by atoms with Crippen LogP contribution in [-0.2, 0) is 19.4 Å². The van der Waals surface area contributed by atoms with Gasteiger partial charge in [0.2, 0.25) is 0 Å². The molecule has 3 aromatic rings. The summed E-state index contributed by atoms with van der Waals surface area (Å²) in [6, 6.07) is 4.61. The average molecular weight is 421 g/mol. The van der Waals surface area contributed by atoms with Crippen LogP contribution >= 0.6 is 22.9 Å². The summed E-state index contributed by atoms with van der Waals surface area (Å²) >= 11 is 7.82. The van der Waals surface area contributed by atoms with Gasteiger partial charge < -0.3 is 9.88 Å². The molecule has 2 N–H and O–H groups in total. The number of nitrogens with one attached hydrogen (secondary N) is 2. The summed E-state index contributed by atoms with van der Waals surface area (Å²) in [7, 11) is 1.96. The molecule has 1 aliphatic carbocycles. The SMILES string of the molecule is C[C@H]1CCc2c(sc3nc([C@H](C)[NH+](C)Cc4c(F)cccc4Cl)[nH]c(=O)c23)C1. The van der Waals surface area contributed by atoms with E-state index < -0.39 is 0 Å². The molecular weight excluding hydrogens is 397 g/mol. The van der Waals surface area contributed by atoms with Gasteiger partial charge in [0.1, 0.15) is 23.2 Å². The molecule has 4 rings (SSSR count). The Morgan fingerprint density at radius 1 is 1.46 bits per heavy atom. The summed E-state index contributed by atoms with van der Waals surface area (Å²) < 4.78 is 14.1. The fourth-order valence-electron chi connectivity index (χ4n) is 3.94. The zero-order valence-corrected chi connectivity index (χ0v) is 17.8. The Hall–Kier alpha value is -1.76. The number of hydrogen-bond donors (Lipinski definition) is 2. The predicted molar refractivity (Wildman–Crippen MR) is 112 cm³/mol. The summed E-state index contributed by atoms with van der Waals surface area (Å²) in [4.78, 5) is 23.7. The summed E-state index contributed by atoms with van der Waals surface area (Å²) in [5, 5.41) is 1.18. The van der Waals surface area contributed by atoms with Gasteiger partial charge in [-0.2, -0.15) is 0 Å². The van der Waals surface area contributed by atoms with Crippen LogP contribution < -0.4 is 10.5 Å². The van der Waals surface area contributed by atoms with Crippen LogP contribution in [0.3, 0.4) is 0 Å². The van der Waals surface area contributed by atoms with Gasteiger partial charge in [0.15, 0.2) is 5.82 Å². The van der Waals surface area contributed by atoms with E-state index in [9.17, 15) is 9.18 Å². The minimum absolute atomic E-state index is 0.0596. The predicted octanol–water partition coefficient (Wildman–Crippen LogP) is 3.68. The number of benzene rings is 1. The van der Waals surface area contributed by atoms with E-state index in [1.807, 2.05) is 14.0 Å². The molecule has 3 atom stereocenters. The fraction of sp³-hybridized carbons (Fsp3) is 0.429. The molecule has 0 saturated heterocycles. The summed E-state index contributed by atoms with van der Waals surface area (Å²) in [6.07, 6.45) is 3.09. The number of aromatic amines is 1. The lowest BCUT2D eigenvalue weighted by atomic mass is 9.89. The number of rotatable bonds is 4. The molecule has 28 heavy (non-hydrogen) atoms. The highest BCUT2D eigenvalue weighted by Crippen LogP contribution is 2.35. The second-order valence-corrected chi connectivity index (χ2v) is 9.42. The Bertz CT molecular complexity index is 1070. The third-order valence-corrected chi connectivity index (χ3v) is 7.35. The van der Waals surface area contributed by atoms with Crippen LogP contribution in [0.25, 0.3) is 10.2 Å². The van der Waals surface area contributed by atoms with Gasteiger partial charge in [-0.15, -0.1) is 11.3 Å². The van der Waals surface area contributed by atoms with Crippen molar-refractivity contribution < 1.29 is 9.29 Å². The van der Waals surface area contributed by atoms with Crippen molar-refractivity contribution in [1.29, 1.82) is 0 Å². The van der Waals surface area contributed by atoms with E-state index >= 15 is 0 Å². The van der Waals surface area contributed by atoms with Crippen LogP contribution in [0.1, 0.15) is 48.1 Å². The third kappa shape index (κ3) is 3.49. The zero-order valence-electron chi connectivity index (χ0n) is 16.2. The Morgan fingerprint density at radius 2 is 2.25 bits per heavy atom. The highest BCUT2D eigenvalue weighted by molar-refractivity contribution is 7.18. The van der Waals surface area contributed by atoms with Gasteiger partial charge in [0, 0.05) is 4.88 Å². The first-order valence-corrected chi connectivity index (χ1v) is 10.8. The number of aromatic nitrogens is 2. The van der Waals surface area contributed by atoms with Crippen molar-refractivity contribution in [2.24, 2.45) is 5.92 Å². The molecule has 0 aliphatic heterocycles. The van der Waals surface area contributed by atoms with Crippen LogP contribution in [0.2, 0.25) is 5.02 Å². The van der Waals surface area contributed by atoms with Crippen LogP contribution in [0.15, 0.2) is 23.0 Å². The van der Waals surface area contributed by atoms with E-state index in [0.29, 0.717) is 28.9 Å². The van der Waals surface area contributed by atoms with Gasteiger partial charge in [-0.05, 0) is 49.8 Å². The van der Waals surface area contributed by atoms with Gasteiger partial charge in [-0.25, -0.2) is 9.37 Å². The molecule has 2 heterocycles. The Labute approximate surface area is 172 Å². The molecule has 2 aromatic heterocycles. The monoisotopic (exact) mass is 420 g/mol. The normalized spacial score (nSPS) is 18.8. The van der Waals surface area contributed by atoms with E-state index in [0.717, 1.165) is 34.4 Å². The smallest absolute Gasteiger partial charge is 0.260 e. The highest BCUT2D eigenvalue weighted by atomic mass is 35.5. The third-order valence-electron chi connectivity index (χ3n) is 5.85. The van der Waals surface area contributed by atoms with E-state index in [4.69, 9.17) is 16.6 Å². The van der Waals surface area contributed by atoms with Crippen molar-refractivity contribution in [2.45, 2.75) is 45.7 Å². The maximum Gasteiger partial charge on any atom is 0.260 e. The molecule has 0 saturated carbocycles. The molecule has 0 radical (unpaired) electrons. The largest absolute Gasteiger partial charge is 0.325 e. The lowest BCUT2D eigenvalue weighted by Gasteiger charge is -2.21. The van der Waals surface area contributed by atoms with E-state index in [-0.39, 0.29) is 17.4 Å². The molecule has 1 aromatic carbocycles. The highest BCUT2D eigenvalue weighted by Gasteiger charge is 2.26. The Morgan fingerprint density at radius 3 is 3.00 bits per heavy atom. The van der Waals surface area contributed by atoms with Crippen molar-refractivity contribution >= 4 is 33.2 Å². The van der Waals surface area contributed by atoms with Crippen LogP contribution in [0.5, 0.6) is 0 Å². The molecule has 0 amide bonds. The number of nitrogens with zero attached hydrogens (tertiary/aromatic N) is 1. The molecule has 148 valence electrons. The maximum absolute atomic E-state index is 14.1. The topological polar surface area (TPSA) is 50.2 Å². The van der Waals surface area contributed by atoms with Crippen molar-refractivity contribution in [2.75, 3.05) is 7.05 Å². The lowest BCUT2D eigenvalue weighted by molar-refractivity contribution is -0.924. The molecule has 4 nitrogen and oxygen atoms in total. The molecule has 0 bridgehead atoms. The van der Waals surface area contributed by atoms with Crippen molar-refractivity contribution in [3.8, 4) is 0 Å². The van der Waals surface area contributed by atoms with Gasteiger partial charge >= 0.3 is 0 Å². The second kappa shape index (κ2) is 7.58. The minimum Gasteiger partial charge on any atom is -0.325 e. The summed E-state index contributed by atoms with van der Waals surface area (Å²) in [5.74, 6) is 0.976. The quantitative estimate of drug-likeness (QED) is 0.676. The van der Waals surface area contributed by atoms with E-state index in [2.05, 4.69) is 11.9 Å². The first-order valence-electron chi connectivity index (χ1n) is 9.64. The lowest BCUT2D eigenvalue weighted by Crippen LogP contribution is -3.07. The number of thiophene rings is 1. The number of quaternary nitrogens is 1. The Balaban J connectivity index is 1.66. The van der Waals surface area contributed by atoms with Crippen LogP contribution in [-0.4, -0.2) is 17.0 Å². The van der Waals surface area contributed by atoms with E-state index in [1.165, 1.54) is 16.5 Å². The number of halogens is 2. The van der Waals surface area contributed by atoms with Crippen LogP contribution in [0.4, 0.5) is 4.39 Å². The average Bonchev–Trinajstić information content (AvgIpc) is 3.01. The van der Waals surface area contributed by atoms with Gasteiger partial charge in [-0.3, -0.25) is 4.79 Å². The standard InChI is InChI=1S/C21H23ClFN3OS/c1-11-7-8-13-17(9-11)28-21-18(13)20(27)24-19(25-21)12(2)26(3)10-14-15(22)5-4-6-16(14)23/h4-6,11-12H,7-10H2,1-3H3,(H,24,25,27)/p+1/t11-,12-/m0/s1. The maximum atomic E-state index is 14.1. The summed E-state index contributed by atoms with van der Waals surface area (Å²) in [5.41, 5.74) is 1.61. The molecule has 1 aliphatic rings. The van der Waals surface area contributed by atoms with Crippen molar-refractivity contribution in [3.05, 3.63) is 61.2 Å². The van der Waals surface area contributed by atoms with Crippen molar-refractivity contribution in [3.63, 3.8) is 0 Å².